The Morgan fingerprint density at radius 3 is 1.34 bits per heavy atom. The number of fused-ring (bicyclic) bond motifs is 1. The Balaban J connectivity index is 1.03. The predicted octanol–water partition coefficient (Wildman–Crippen LogP) is 13.2. The molecular formula is C56H39N5. The van der Waals surface area contributed by atoms with E-state index in [0.717, 1.165) is 83.7 Å². The molecule has 0 unspecified atom stereocenters. The second kappa shape index (κ2) is 16.5. The summed E-state index contributed by atoms with van der Waals surface area (Å²) < 4.78 is 0. The van der Waals surface area contributed by atoms with Gasteiger partial charge in [0.2, 0.25) is 0 Å². The lowest BCUT2D eigenvalue weighted by atomic mass is 9.86. The van der Waals surface area contributed by atoms with E-state index in [2.05, 4.69) is 115 Å². The minimum absolute atomic E-state index is 0.455. The van der Waals surface area contributed by atoms with Gasteiger partial charge in [-0.2, -0.15) is 0 Å². The number of aromatic nitrogens is 3. The lowest BCUT2D eigenvalue weighted by Gasteiger charge is -2.27. The molecule has 9 aromatic rings. The van der Waals surface area contributed by atoms with E-state index in [1.165, 1.54) is 0 Å². The van der Waals surface area contributed by atoms with Crippen LogP contribution in [0, 0.1) is 5.41 Å². The van der Waals surface area contributed by atoms with Crippen molar-refractivity contribution in [3.05, 3.63) is 246 Å². The maximum Gasteiger partial charge on any atom is 0.164 e. The lowest BCUT2D eigenvalue weighted by molar-refractivity contribution is 1.07. The van der Waals surface area contributed by atoms with Crippen molar-refractivity contribution in [3.63, 3.8) is 0 Å². The molecule has 2 N–H and O–H groups in total. The van der Waals surface area contributed by atoms with Crippen LogP contribution in [0.4, 0.5) is 0 Å². The van der Waals surface area contributed by atoms with Crippen LogP contribution in [0.1, 0.15) is 27.8 Å². The number of rotatable bonds is 9. The van der Waals surface area contributed by atoms with Crippen molar-refractivity contribution >= 4 is 28.8 Å². The zero-order chi connectivity index (χ0) is 41.0. The Hall–Kier alpha value is -8.28. The van der Waals surface area contributed by atoms with E-state index in [-0.39, 0.29) is 0 Å². The lowest BCUT2D eigenvalue weighted by Crippen LogP contribution is -2.20. The molecule has 0 atom stereocenters. The average Bonchev–Trinajstić information content (AvgIpc) is 3.35. The Morgan fingerprint density at radius 1 is 0.361 bits per heavy atom. The average molecular weight is 782 g/mol. The van der Waals surface area contributed by atoms with Crippen LogP contribution < -0.4 is 5.32 Å². The number of nitrogens with one attached hydrogen (secondary N) is 2. The zero-order valence-electron chi connectivity index (χ0n) is 33.2. The maximum absolute atomic E-state index is 9.64. The van der Waals surface area contributed by atoms with Gasteiger partial charge in [-0.05, 0) is 57.2 Å². The molecule has 0 fully saturated rings. The summed E-state index contributed by atoms with van der Waals surface area (Å²) in [7, 11) is 0. The monoisotopic (exact) mass is 781 g/mol. The van der Waals surface area contributed by atoms with Gasteiger partial charge in [0, 0.05) is 39.1 Å². The van der Waals surface area contributed by atoms with Gasteiger partial charge in [0.1, 0.15) is 0 Å². The van der Waals surface area contributed by atoms with Crippen molar-refractivity contribution in [2.75, 3.05) is 0 Å². The molecule has 0 saturated carbocycles. The van der Waals surface area contributed by atoms with Crippen molar-refractivity contribution in [2.45, 2.75) is 0 Å². The molecule has 2 heterocycles. The first kappa shape index (κ1) is 37.0. The van der Waals surface area contributed by atoms with Crippen LogP contribution in [0.2, 0.25) is 0 Å². The Labute approximate surface area is 355 Å². The van der Waals surface area contributed by atoms with Crippen LogP contribution >= 0.6 is 0 Å². The normalized spacial score (nSPS) is 12.8. The Morgan fingerprint density at radius 2 is 0.787 bits per heavy atom. The van der Waals surface area contributed by atoms with Crippen molar-refractivity contribution in [2.24, 2.45) is 0 Å². The summed E-state index contributed by atoms with van der Waals surface area (Å²) >= 11 is 0. The number of benzene rings is 8. The minimum atomic E-state index is 0.455. The second-order valence-corrected chi connectivity index (χ2v) is 14.9. The quantitative estimate of drug-likeness (QED) is 0.143. The van der Waals surface area contributed by atoms with E-state index < -0.39 is 0 Å². The smallest absolute Gasteiger partial charge is 0.164 e. The molecule has 1 aliphatic rings. The second-order valence-electron chi connectivity index (χ2n) is 14.9. The van der Waals surface area contributed by atoms with E-state index in [4.69, 9.17) is 15.0 Å². The molecule has 0 saturated heterocycles. The highest BCUT2D eigenvalue weighted by Crippen LogP contribution is 2.39. The van der Waals surface area contributed by atoms with E-state index in [9.17, 15) is 5.41 Å². The molecular weight excluding hydrogens is 743 g/mol. The van der Waals surface area contributed by atoms with Crippen LogP contribution in [-0.2, 0) is 0 Å². The van der Waals surface area contributed by atoms with Crippen LogP contribution in [-0.4, -0.2) is 20.7 Å². The van der Waals surface area contributed by atoms with Gasteiger partial charge in [-0.3, -0.25) is 5.41 Å². The van der Waals surface area contributed by atoms with Crippen LogP contribution in [0.25, 0.3) is 79.5 Å². The maximum atomic E-state index is 9.64. The molecule has 0 aliphatic carbocycles. The number of allylic oxidation sites excluding steroid dienone is 1. The third-order valence-corrected chi connectivity index (χ3v) is 11.0. The van der Waals surface area contributed by atoms with Crippen molar-refractivity contribution in [1.29, 1.82) is 5.41 Å². The summed E-state index contributed by atoms with van der Waals surface area (Å²) in [4.78, 5) is 14.8. The minimum Gasteiger partial charge on any atom is -0.354 e. The van der Waals surface area contributed by atoms with E-state index in [1.807, 2.05) is 115 Å². The van der Waals surface area contributed by atoms with E-state index in [0.29, 0.717) is 23.2 Å². The van der Waals surface area contributed by atoms with Gasteiger partial charge in [-0.15, -0.1) is 0 Å². The fourth-order valence-electron chi connectivity index (χ4n) is 7.84. The van der Waals surface area contributed by atoms with Gasteiger partial charge in [0.15, 0.2) is 17.5 Å². The van der Waals surface area contributed by atoms with Gasteiger partial charge in [-0.25, -0.2) is 15.0 Å². The number of nitrogens with zero attached hydrogens (tertiary/aromatic N) is 3. The largest absolute Gasteiger partial charge is 0.354 e. The van der Waals surface area contributed by atoms with Crippen molar-refractivity contribution < 1.29 is 0 Å². The molecule has 288 valence electrons. The summed E-state index contributed by atoms with van der Waals surface area (Å²) in [5, 5.41) is 13.5. The first-order chi connectivity index (χ1) is 30.1. The third-order valence-electron chi connectivity index (χ3n) is 11.0. The molecule has 0 bridgehead atoms. The summed E-state index contributed by atoms with van der Waals surface area (Å²) in [5.74, 6) is 1.89. The van der Waals surface area contributed by atoms with Crippen molar-refractivity contribution in [1.82, 2.24) is 20.3 Å². The SMILES string of the molecule is N=C(/C(=C1\NC(c2ccccc2)=Cc2ccc(-c3ccc(-c4cccc(-c5nc(-c6ccccc6)nc(-c6ccccc6)n5)c4)cc3)cc21)c1ccccc1)c1ccccc1. The first-order valence-corrected chi connectivity index (χ1v) is 20.4. The highest BCUT2D eigenvalue weighted by atomic mass is 15.0. The highest BCUT2D eigenvalue weighted by Gasteiger charge is 2.24. The molecule has 1 aliphatic heterocycles. The molecule has 5 nitrogen and oxygen atoms in total. The van der Waals surface area contributed by atoms with E-state index >= 15 is 0 Å². The molecule has 0 spiro atoms. The third kappa shape index (κ3) is 7.72. The predicted molar refractivity (Wildman–Crippen MR) is 251 cm³/mol. The standard InChI is InChI=1S/C56H39N5/c57-52(42-21-10-3-11-22-42)51(41-19-8-2-9-20-41)53-49-36-46(33-34-47(49)37-50(58-53)40-17-6-1-7-18-40)39-31-29-38(30-32-39)45-27-16-28-48(35-45)56-60-54(43-23-12-4-13-24-43)59-55(61-56)44-25-14-5-15-26-44/h1-37,57-58H/b53-51-,57-52?. The molecule has 8 aromatic carbocycles. The van der Waals surface area contributed by atoms with Gasteiger partial charge < -0.3 is 5.32 Å². The van der Waals surface area contributed by atoms with Crippen LogP contribution in [0.3, 0.4) is 0 Å². The van der Waals surface area contributed by atoms with E-state index in [1.54, 1.807) is 0 Å². The summed E-state index contributed by atoms with van der Waals surface area (Å²) in [5.41, 5.74) is 15.3. The van der Waals surface area contributed by atoms with Crippen LogP contribution in [0.5, 0.6) is 0 Å². The molecule has 10 rings (SSSR count). The Kier molecular flexibility index (Phi) is 10.0. The summed E-state index contributed by atoms with van der Waals surface area (Å²) in [6.07, 6.45) is 2.21. The highest BCUT2D eigenvalue weighted by molar-refractivity contribution is 6.36. The summed E-state index contributed by atoms with van der Waals surface area (Å²) in [6, 6.07) is 74.5. The number of hydrogen-bond donors (Lipinski definition) is 2. The molecule has 0 amide bonds. The fraction of sp³-hybridized carbons (Fsp3) is 0. The van der Waals surface area contributed by atoms with Crippen molar-refractivity contribution in [3.8, 4) is 56.4 Å². The molecule has 5 heteroatoms. The summed E-state index contributed by atoms with van der Waals surface area (Å²) in [6.45, 7) is 0. The van der Waals surface area contributed by atoms with Gasteiger partial charge >= 0.3 is 0 Å². The first-order valence-electron chi connectivity index (χ1n) is 20.4. The van der Waals surface area contributed by atoms with Gasteiger partial charge in [0.05, 0.1) is 11.4 Å². The topological polar surface area (TPSA) is 74.6 Å². The fourth-order valence-corrected chi connectivity index (χ4v) is 7.84. The van der Waals surface area contributed by atoms with Gasteiger partial charge in [-0.1, -0.05) is 206 Å². The Bertz CT molecular complexity index is 3010. The number of hydrogen-bond acceptors (Lipinski definition) is 5. The zero-order valence-corrected chi connectivity index (χ0v) is 33.2. The van der Waals surface area contributed by atoms with Gasteiger partial charge in [0.25, 0.3) is 0 Å². The molecule has 61 heavy (non-hydrogen) atoms. The molecule has 1 aromatic heterocycles. The van der Waals surface area contributed by atoms with Crippen LogP contribution in [0.15, 0.2) is 218 Å². The molecule has 0 radical (unpaired) electrons.